The zero-order valence-electron chi connectivity index (χ0n) is 13.5. The van der Waals surface area contributed by atoms with Crippen molar-refractivity contribution in [2.75, 3.05) is 14.2 Å². The quantitative estimate of drug-likeness (QED) is 0.634. The molecule has 2 heterocycles. The second-order valence-electron chi connectivity index (χ2n) is 4.87. The normalized spacial score (nSPS) is 11.1. The lowest BCUT2D eigenvalue weighted by Crippen LogP contribution is -2.01. The summed E-state index contributed by atoms with van der Waals surface area (Å²) in [4.78, 5) is 8.54. The van der Waals surface area contributed by atoms with Gasteiger partial charge in [-0.1, -0.05) is 0 Å². The van der Waals surface area contributed by atoms with Crippen LogP contribution in [-0.4, -0.2) is 34.8 Å². The van der Waals surface area contributed by atoms with Crippen LogP contribution >= 0.6 is 11.9 Å². The molecule has 0 atom stereocenters. The highest BCUT2D eigenvalue weighted by atomic mass is 32.2. The van der Waals surface area contributed by atoms with Crippen molar-refractivity contribution in [2.24, 2.45) is 0 Å². The zero-order chi connectivity index (χ0) is 17.8. The third-order valence-corrected chi connectivity index (χ3v) is 4.39. The molecular formula is C16H15F2N3O3S. The fourth-order valence-electron chi connectivity index (χ4n) is 2.33. The molecule has 6 nitrogen and oxygen atoms in total. The minimum atomic E-state index is -2.86. The Hall–Kier alpha value is -2.55. The summed E-state index contributed by atoms with van der Waals surface area (Å²) in [6.45, 7) is -2.86. The summed E-state index contributed by atoms with van der Waals surface area (Å²) in [5, 5.41) is 0. The molecule has 0 aliphatic carbocycles. The summed E-state index contributed by atoms with van der Waals surface area (Å²) >= 11 is 1.45. The van der Waals surface area contributed by atoms with Crippen LogP contribution in [-0.2, 0) is 5.75 Å². The molecule has 132 valence electrons. The van der Waals surface area contributed by atoms with Gasteiger partial charge in [0.25, 0.3) is 0 Å². The summed E-state index contributed by atoms with van der Waals surface area (Å²) in [7, 11) is 3.13. The molecule has 0 spiro atoms. The fourth-order valence-corrected chi connectivity index (χ4v) is 3.21. The van der Waals surface area contributed by atoms with E-state index in [1.165, 1.54) is 24.1 Å². The van der Waals surface area contributed by atoms with Gasteiger partial charge < -0.3 is 14.2 Å². The van der Waals surface area contributed by atoms with Crippen LogP contribution in [0.3, 0.4) is 0 Å². The molecule has 25 heavy (non-hydrogen) atoms. The number of benzene rings is 1. The molecular weight excluding hydrogens is 352 g/mol. The van der Waals surface area contributed by atoms with E-state index in [0.717, 1.165) is 11.2 Å². The van der Waals surface area contributed by atoms with Gasteiger partial charge in [0.2, 0.25) is 0 Å². The topological polar surface area (TPSA) is 58.4 Å². The highest BCUT2D eigenvalue weighted by molar-refractivity contribution is 7.97. The van der Waals surface area contributed by atoms with Crippen LogP contribution in [0.15, 0.2) is 36.8 Å². The lowest BCUT2D eigenvalue weighted by molar-refractivity contribution is -0.0497. The number of halogens is 2. The lowest BCUT2D eigenvalue weighted by atomic mass is 10.3. The highest BCUT2D eigenvalue weighted by Crippen LogP contribution is 2.32. The molecule has 2 aromatic heterocycles. The molecule has 0 aliphatic rings. The van der Waals surface area contributed by atoms with Gasteiger partial charge in [0.15, 0.2) is 11.5 Å². The number of ether oxygens (including phenoxy) is 3. The van der Waals surface area contributed by atoms with Crippen molar-refractivity contribution < 1.29 is 23.0 Å². The molecule has 0 fully saturated rings. The van der Waals surface area contributed by atoms with Crippen LogP contribution in [0.4, 0.5) is 8.78 Å². The van der Waals surface area contributed by atoms with Crippen LogP contribution in [0.2, 0.25) is 0 Å². The van der Waals surface area contributed by atoms with Crippen LogP contribution in [0.25, 0.3) is 11.0 Å². The van der Waals surface area contributed by atoms with Gasteiger partial charge in [-0.2, -0.15) is 8.78 Å². The number of aromatic nitrogens is 3. The number of hydrogen-bond acceptors (Lipinski definition) is 6. The maximum atomic E-state index is 12.3. The summed E-state index contributed by atoms with van der Waals surface area (Å²) in [6.07, 6.45) is 3.27. The second kappa shape index (κ2) is 7.56. The number of pyridine rings is 1. The third-order valence-electron chi connectivity index (χ3n) is 3.42. The van der Waals surface area contributed by atoms with Crippen molar-refractivity contribution in [3.63, 3.8) is 0 Å². The first kappa shape index (κ1) is 17.3. The predicted molar refractivity (Wildman–Crippen MR) is 90.4 cm³/mol. The molecule has 3 rings (SSSR count). The van der Waals surface area contributed by atoms with Gasteiger partial charge in [-0.05, 0) is 24.1 Å². The molecule has 0 aliphatic heterocycles. The Labute approximate surface area is 146 Å². The first-order chi connectivity index (χ1) is 12.1. The molecule has 0 amide bonds. The summed E-state index contributed by atoms with van der Waals surface area (Å²) in [5.74, 6) is 1.78. The predicted octanol–water partition coefficient (Wildman–Crippen LogP) is 3.75. The van der Waals surface area contributed by atoms with Gasteiger partial charge in [-0.3, -0.25) is 8.96 Å². The van der Waals surface area contributed by atoms with Crippen LogP contribution in [0.1, 0.15) is 5.69 Å². The maximum absolute atomic E-state index is 12.3. The van der Waals surface area contributed by atoms with E-state index in [9.17, 15) is 8.78 Å². The largest absolute Gasteiger partial charge is 0.493 e. The average Bonchev–Trinajstić information content (AvgIpc) is 3.01. The van der Waals surface area contributed by atoms with Crippen molar-refractivity contribution in [3.05, 3.63) is 42.5 Å². The van der Waals surface area contributed by atoms with E-state index >= 15 is 0 Å². The number of nitrogens with zero attached hydrogens (tertiary/aromatic N) is 3. The van der Waals surface area contributed by atoms with Crippen molar-refractivity contribution in [1.82, 2.24) is 13.9 Å². The average molecular weight is 367 g/mol. The van der Waals surface area contributed by atoms with Gasteiger partial charge >= 0.3 is 6.61 Å². The molecule has 0 bridgehead atoms. The molecule has 3 aromatic rings. The Kier molecular flexibility index (Phi) is 5.22. The minimum Gasteiger partial charge on any atom is -0.493 e. The van der Waals surface area contributed by atoms with Gasteiger partial charge in [-0.15, -0.1) is 0 Å². The Bertz CT molecular complexity index is 873. The van der Waals surface area contributed by atoms with Gasteiger partial charge in [0, 0.05) is 18.3 Å². The van der Waals surface area contributed by atoms with E-state index < -0.39 is 6.61 Å². The van der Waals surface area contributed by atoms with Gasteiger partial charge in [-0.25, -0.2) is 4.98 Å². The Balaban J connectivity index is 1.80. The Morgan fingerprint density at radius 1 is 1.16 bits per heavy atom. The number of alkyl halides is 2. The van der Waals surface area contributed by atoms with E-state index in [4.69, 9.17) is 9.47 Å². The number of fused-ring (bicyclic) bond motifs is 1. The first-order valence-corrected chi connectivity index (χ1v) is 8.17. The van der Waals surface area contributed by atoms with Crippen molar-refractivity contribution in [3.8, 4) is 17.2 Å². The SMILES string of the molecule is COc1ccnc(CSn2cnc3cc(OC(F)F)ccc32)c1OC. The fraction of sp³-hybridized carbons (Fsp3) is 0.250. The van der Waals surface area contributed by atoms with Crippen molar-refractivity contribution in [1.29, 1.82) is 0 Å². The smallest absolute Gasteiger partial charge is 0.387 e. The first-order valence-electron chi connectivity index (χ1n) is 7.23. The number of methoxy groups -OCH3 is 2. The Morgan fingerprint density at radius 3 is 2.72 bits per heavy atom. The number of imidazole rings is 1. The summed E-state index contributed by atoms with van der Waals surface area (Å²) in [6, 6.07) is 6.37. The van der Waals surface area contributed by atoms with E-state index in [1.54, 1.807) is 38.9 Å². The van der Waals surface area contributed by atoms with Crippen LogP contribution < -0.4 is 14.2 Å². The lowest BCUT2D eigenvalue weighted by Gasteiger charge is -2.11. The summed E-state index contributed by atoms with van der Waals surface area (Å²) < 4.78 is 41.4. The van der Waals surface area contributed by atoms with Gasteiger partial charge in [0.1, 0.15) is 12.1 Å². The zero-order valence-corrected chi connectivity index (χ0v) is 14.3. The minimum absolute atomic E-state index is 0.0777. The second-order valence-corrected chi connectivity index (χ2v) is 5.81. The molecule has 9 heteroatoms. The number of rotatable bonds is 7. The molecule has 0 saturated heterocycles. The van der Waals surface area contributed by atoms with E-state index in [-0.39, 0.29) is 5.75 Å². The molecule has 0 unspecified atom stereocenters. The monoisotopic (exact) mass is 367 g/mol. The van der Waals surface area contributed by atoms with Gasteiger partial charge in [0.05, 0.1) is 36.7 Å². The van der Waals surface area contributed by atoms with E-state index in [0.29, 0.717) is 22.8 Å². The maximum Gasteiger partial charge on any atom is 0.387 e. The molecule has 0 N–H and O–H groups in total. The van der Waals surface area contributed by atoms with Crippen LogP contribution in [0, 0.1) is 0 Å². The van der Waals surface area contributed by atoms with E-state index in [1.807, 2.05) is 3.97 Å². The molecule has 0 radical (unpaired) electrons. The summed E-state index contributed by atoms with van der Waals surface area (Å²) in [5.41, 5.74) is 2.08. The third kappa shape index (κ3) is 3.76. The number of hydrogen-bond donors (Lipinski definition) is 0. The standard InChI is InChI=1S/C16H15F2N3O3S/c1-22-14-5-6-19-12(15(14)23-2)8-25-21-9-20-11-7-10(24-16(17)18)3-4-13(11)21/h3-7,9,16H,8H2,1-2H3. The molecule has 1 aromatic carbocycles. The molecule has 0 saturated carbocycles. The highest BCUT2D eigenvalue weighted by Gasteiger charge is 2.13. The van der Waals surface area contributed by atoms with Crippen molar-refractivity contribution in [2.45, 2.75) is 12.4 Å². The van der Waals surface area contributed by atoms with Crippen LogP contribution in [0.5, 0.6) is 17.2 Å². The van der Waals surface area contributed by atoms with E-state index in [2.05, 4.69) is 14.7 Å². The Morgan fingerprint density at radius 2 is 2.00 bits per heavy atom. The van der Waals surface area contributed by atoms with Crippen molar-refractivity contribution >= 4 is 23.0 Å².